The van der Waals surface area contributed by atoms with Gasteiger partial charge in [-0.15, -0.1) is 0 Å². The molecule has 8 nitrogen and oxygen atoms in total. The fourth-order valence-electron chi connectivity index (χ4n) is 3.20. The second kappa shape index (κ2) is 12.4. The zero-order chi connectivity index (χ0) is 24.3. The van der Waals surface area contributed by atoms with Gasteiger partial charge in [-0.05, 0) is 22.8 Å². The first kappa shape index (κ1) is 24.7. The average Bonchev–Trinajstić information content (AvgIpc) is 2.84. The van der Waals surface area contributed by atoms with E-state index in [-0.39, 0.29) is 24.6 Å². The average molecular weight is 482 g/mol. The van der Waals surface area contributed by atoms with Gasteiger partial charge in [0.25, 0.3) is 0 Å². The first-order valence-electron chi connectivity index (χ1n) is 10.6. The van der Waals surface area contributed by atoms with E-state index in [9.17, 15) is 19.5 Å². The summed E-state index contributed by atoms with van der Waals surface area (Å²) in [6, 6.07) is 19.1. The predicted octanol–water partition coefficient (Wildman–Crippen LogP) is 3.38. The molecule has 1 aromatic heterocycles. The third-order valence-electron chi connectivity index (χ3n) is 4.95. The zero-order valence-corrected chi connectivity index (χ0v) is 18.9. The molecule has 0 saturated heterocycles. The normalized spacial score (nSPS) is 12.3. The monoisotopic (exact) mass is 481 g/mol. The third kappa shape index (κ3) is 7.90. The number of halogens is 1. The standard InChI is InChI=1S/C25H24ClN3O5/c26-22-12-11-19(15-27-22)14-21(24(31)32)28-23(30)20(13-17-7-3-1-4-8-17)29-25(33)34-16-18-9-5-2-6-10-18/h1-12,15,20-21H,13-14,16H2,(H,28,30)(H,29,33)(H,31,32)/t20-,21-/m0/s1. The number of carboxylic acids is 1. The van der Waals surface area contributed by atoms with E-state index in [1.54, 1.807) is 12.1 Å². The number of hydrogen-bond acceptors (Lipinski definition) is 5. The number of nitrogens with zero attached hydrogens (tertiary/aromatic N) is 1. The first-order valence-corrected chi connectivity index (χ1v) is 10.9. The third-order valence-corrected chi connectivity index (χ3v) is 5.17. The predicted molar refractivity (Wildman–Crippen MR) is 126 cm³/mol. The highest BCUT2D eigenvalue weighted by molar-refractivity contribution is 6.29. The van der Waals surface area contributed by atoms with E-state index in [0.717, 1.165) is 11.1 Å². The van der Waals surface area contributed by atoms with Crippen molar-refractivity contribution in [1.82, 2.24) is 15.6 Å². The lowest BCUT2D eigenvalue weighted by Crippen LogP contribution is -2.53. The molecule has 3 aromatic rings. The smallest absolute Gasteiger partial charge is 0.408 e. The zero-order valence-electron chi connectivity index (χ0n) is 18.2. The molecule has 2 aromatic carbocycles. The van der Waals surface area contributed by atoms with Crippen LogP contribution in [0.4, 0.5) is 4.79 Å². The van der Waals surface area contributed by atoms with Crippen molar-refractivity contribution in [2.24, 2.45) is 0 Å². The van der Waals surface area contributed by atoms with Gasteiger partial charge in [-0.2, -0.15) is 0 Å². The fraction of sp³-hybridized carbons (Fsp3) is 0.200. The van der Waals surface area contributed by atoms with E-state index < -0.39 is 30.1 Å². The number of amides is 2. The van der Waals surface area contributed by atoms with E-state index in [1.165, 1.54) is 6.20 Å². The SMILES string of the molecule is O=C(N[C@@H](Cc1ccccc1)C(=O)N[C@@H](Cc1ccc(Cl)nc1)C(=O)O)OCc1ccccc1. The number of aliphatic carboxylic acids is 1. The number of carbonyl (C=O) groups excluding carboxylic acids is 2. The Morgan fingerprint density at radius 1 is 0.824 bits per heavy atom. The molecule has 0 aliphatic heterocycles. The number of carbonyl (C=O) groups is 3. The van der Waals surface area contributed by atoms with Gasteiger partial charge in [-0.3, -0.25) is 4.79 Å². The van der Waals surface area contributed by atoms with Crippen LogP contribution in [0.1, 0.15) is 16.7 Å². The minimum Gasteiger partial charge on any atom is -0.480 e. The highest BCUT2D eigenvalue weighted by Crippen LogP contribution is 2.09. The Morgan fingerprint density at radius 2 is 1.44 bits per heavy atom. The molecule has 2 amide bonds. The Hall–Kier alpha value is -3.91. The van der Waals surface area contributed by atoms with Crippen LogP contribution in [0.3, 0.4) is 0 Å². The Kier molecular flexibility index (Phi) is 8.99. The molecule has 0 unspecified atom stereocenters. The molecule has 0 bridgehead atoms. The molecular weight excluding hydrogens is 458 g/mol. The highest BCUT2D eigenvalue weighted by atomic mass is 35.5. The summed E-state index contributed by atoms with van der Waals surface area (Å²) in [6.45, 7) is 0.0354. The molecule has 0 spiro atoms. The number of nitrogens with one attached hydrogen (secondary N) is 2. The van der Waals surface area contributed by atoms with Crippen molar-refractivity contribution in [1.29, 1.82) is 0 Å². The van der Waals surface area contributed by atoms with Crippen molar-refractivity contribution in [3.05, 3.63) is 101 Å². The Labute approximate surface area is 201 Å². The summed E-state index contributed by atoms with van der Waals surface area (Å²) in [5.74, 6) is -1.86. The van der Waals surface area contributed by atoms with Crippen LogP contribution in [0, 0.1) is 0 Å². The van der Waals surface area contributed by atoms with Crippen LogP contribution in [0.2, 0.25) is 5.15 Å². The van der Waals surface area contributed by atoms with Gasteiger partial charge in [0.05, 0.1) is 0 Å². The van der Waals surface area contributed by atoms with Gasteiger partial charge in [0, 0.05) is 19.0 Å². The highest BCUT2D eigenvalue weighted by Gasteiger charge is 2.27. The summed E-state index contributed by atoms with van der Waals surface area (Å²) in [5, 5.41) is 15.0. The van der Waals surface area contributed by atoms with Crippen molar-refractivity contribution in [2.75, 3.05) is 0 Å². The van der Waals surface area contributed by atoms with E-state index >= 15 is 0 Å². The number of ether oxygens (including phenoxy) is 1. The van der Waals surface area contributed by atoms with Gasteiger partial charge in [0.2, 0.25) is 5.91 Å². The van der Waals surface area contributed by atoms with Gasteiger partial charge < -0.3 is 20.5 Å². The molecule has 176 valence electrons. The van der Waals surface area contributed by atoms with Crippen molar-refractivity contribution in [3.8, 4) is 0 Å². The van der Waals surface area contributed by atoms with Crippen molar-refractivity contribution >= 4 is 29.6 Å². The molecule has 2 atom stereocenters. The van der Waals surface area contributed by atoms with Crippen LogP contribution >= 0.6 is 11.6 Å². The topological polar surface area (TPSA) is 118 Å². The van der Waals surface area contributed by atoms with Crippen LogP contribution in [0.15, 0.2) is 79.0 Å². The number of benzene rings is 2. The first-order chi connectivity index (χ1) is 16.4. The van der Waals surface area contributed by atoms with Gasteiger partial charge >= 0.3 is 12.1 Å². The fourth-order valence-corrected chi connectivity index (χ4v) is 3.31. The lowest BCUT2D eigenvalue weighted by atomic mass is 10.0. The van der Waals surface area contributed by atoms with E-state index in [4.69, 9.17) is 16.3 Å². The molecule has 0 radical (unpaired) electrons. The Bertz CT molecular complexity index is 1090. The maximum Gasteiger partial charge on any atom is 0.408 e. The van der Waals surface area contributed by atoms with Crippen molar-refractivity contribution in [3.63, 3.8) is 0 Å². The summed E-state index contributed by atoms with van der Waals surface area (Å²) < 4.78 is 5.24. The van der Waals surface area contributed by atoms with Gasteiger partial charge in [0.1, 0.15) is 23.8 Å². The van der Waals surface area contributed by atoms with E-state index in [2.05, 4.69) is 15.6 Å². The molecular formula is C25H24ClN3O5. The van der Waals surface area contributed by atoms with Gasteiger partial charge in [-0.25, -0.2) is 14.6 Å². The summed E-state index contributed by atoms with van der Waals surface area (Å²) in [4.78, 5) is 41.2. The number of hydrogen-bond donors (Lipinski definition) is 3. The second-order valence-electron chi connectivity index (χ2n) is 7.54. The quantitative estimate of drug-likeness (QED) is 0.382. The summed E-state index contributed by atoms with van der Waals surface area (Å²) in [6.07, 6.45) is 0.822. The Balaban J connectivity index is 1.68. The second-order valence-corrected chi connectivity index (χ2v) is 7.93. The molecule has 3 rings (SSSR count). The minimum atomic E-state index is -1.23. The Morgan fingerprint density at radius 3 is 2.03 bits per heavy atom. The summed E-state index contributed by atoms with van der Waals surface area (Å²) in [5.41, 5.74) is 2.18. The molecule has 1 heterocycles. The van der Waals surface area contributed by atoms with Gasteiger partial charge in [-0.1, -0.05) is 78.3 Å². The number of aromatic nitrogens is 1. The maximum absolute atomic E-state index is 13.0. The minimum absolute atomic E-state index is 0.00174. The summed E-state index contributed by atoms with van der Waals surface area (Å²) >= 11 is 5.78. The molecule has 0 aliphatic carbocycles. The molecule has 0 fully saturated rings. The van der Waals surface area contributed by atoms with Crippen molar-refractivity contribution in [2.45, 2.75) is 31.5 Å². The molecule has 3 N–H and O–H groups in total. The lowest BCUT2D eigenvalue weighted by Gasteiger charge is -2.21. The lowest BCUT2D eigenvalue weighted by molar-refractivity contribution is -0.142. The molecule has 34 heavy (non-hydrogen) atoms. The van der Waals surface area contributed by atoms with Crippen LogP contribution in [0.25, 0.3) is 0 Å². The van der Waals surface area contributed by atoms with Crippen LogP contribution in [0.5, 0.6) is 0 Å². The van der Waals surface area contributed by atoms with Gasteiger partial charge in [0.15, 0.2) is 0 Å². The van der Waals surface area contributed by atoms with Crippen molar-refractivity contribution < 1.29 is 24.2 Å². The number of carboxylic acid groups (broad SMARTS) is 1. The van der Waals surface area contributed by atoms with E-state index in [1.807, 2.05) is 60.7 Å². The summed E-state index contributed by atoms with van der Waals surface area (Å²) in [7, 11) is 0. The largest absolute Gasteiger partial charge is 0.480 e. The van der Waals surface area contributed by atoms with E-state index in [0.29, 0.717) is 5.56 Å². The maximum atomic E-state index is 13.0. The van der Waals surface area contributed by atoms with Crippen LogP contribution < -0.4 is 10.6 Å². The molecule has 9 heteroatoms. The van der Waals surface area contributed by atoms with Crippen LogP contribution in [-0.2, 0) is 33.8 Å². The van der Waals surface area contributed by atoms with Crippen LogP contribution in [-0.4, -0.2) is 40.1 Å². The molecule has 0 aliphatic rings. The molecule has 0 saturated carbocycles. The number of rotatable bonds is 10. The number of pyridine rings is 1. The number of alkyl carbamates (subject to hydrolysis) is 1.